The molecule has 19 heavy (non-hydrogen) atoms. The molecule has 4 nitrogen and oxygen atoms in total. The molecule has 2 aromatic rings. The van der Waals surface area contributed by atoms with Gasteiger partial charge in [-0.15, -0.1) is 0 Å². The Labute approximate surface area is 113 Å². The van der Waals surface area contributed by atoms with Gasteiger partial charge in [0.2, 0.25) is 0 Å². The summed E-state index contributed by atoms with van der Waals surface area (Å²) in [6.07, 6.45) is 8.03. The smallest absolute Gasteiger partial charge is 0.0945 e. The summed E-state index contributed by atoms with van der Waals surface area (Å²) in [5.74, 6) is 0. The van der Waals surface area contributed by atoms with E-state index < -0.39 is 0 Å². The van der Waals surface area contributed by atoms with Crippen LogP contribution in [0.15, 0.2) is 36.9 Å². The van der Waals surface area contributed by atoms with E-state index in [1.807, 2.05) is 24.8 Å². The van der Waals surface area contributed by atoms with Crippen molar-refractivity contribution in [2.75, 3.05) is 18.8 Å². The van der Waals surface area contributed by atoms with Crippen molar-refractivity contribution in [3.63, 3.8) is 0 Å². The molecule has 0 saturated carbocycles. The van der Waals surface area contributed by atoms with Gasteiger partial charge in [0.15, 0.2) is 0 Å². The van der Waals surface area contributed by atoms with Gasteiger partial charge in [-0.1, -0.05) is 6.07 Å². The Morgan fingerprint density at radius 3 is 3.00 bits per heavy atom. The molecule has 0 atom stereocenters. The van der Waals surface area contributed by atoms with Crippen LogP contribution in [0.2, 0.25) is 0 Å². The molecule has 2 N–H and O–H groups in total. The van der Waals surface area contributed by atoms with E-state index in [1.165, 1.54) is 11.1 Å². The van der Waals surface area contributed by atoms with Crippen LogP contribution in [-0.4, -0.2) is 27.5 Å². The van der Waals surface area contributed by atoms with Crippen LogP contribution in [0.4, 0.5) is 5.69 Å². The molecule has 0 amide bonds. The fourth-order valence-corrected chi connectivity index (χ4v) is 2.72. The van der Waals surface area contributed by atoms with Gasteiger partial charge in [0.05, 0.1) is 6.33 Å². The van der Waals surface area contributed by atoms with E-state index in [0.29, 0.717) is 0 Å². The number of nitrogens with zero attached hydrogens (tertiary/aromatic N) is 3. The number of fused-ring (bicyclic) bond motifs is 1. The van der Waals surface area contributed by atoms with Gasteiger partial charge in [-0.2, -0.15) is 0 Å². The van der Waals surface area contributed by atoms with E-state index in [4.69, 9.17) is 5.73 Å². The summed E-state index contributed by atoms with van der Waals surface area (Å²) < 4.78 is 2.13. The summed E-state index contributed by atoms with van der Waals surface area (Å²) in [7, 11) is 0. The van der Waals surface area contributed by atoms with Gasteiger partial charge in [-0.25, -0.2) is 4.98 Å². The van der Waals surface area contributed by atoms with Crippen molar-refractivity contribution in [1.82, 2.24) is 14.5 Å². The lowest BCUT2D eigenvalue weighted by atomic mass is 9.99. The van der Waals surface area contributed by atoms with Gasteiger partial charge in [-0.3, -0.25) is 4.90 Å². The molecule has 1 aliphatic rings. The molecular weight excluding hydrogens is 236 g/mol. The van der Waals surface area contributed by atoms with Gasteiger partial charge >= 0.3 is 0 Å². The second-order valence-electron chi connectivity index (χ2n) is 5.21. The monoisotopic (exact) mass is 256 g/mol. The number of benzene rings is 1. The van der Waals surface area contributed by atoms with Crippen LogP contribution < -0.4 is 5.73 Å². The summed E-state index contributed by atoms with van der Waals surface area (Å²) >= 11 is 0. The zero-order valence-electron chi connectivity index (χ0n) is 11.1. The van der Waals surface area contributed by atoms with E-state index in [0.717, 1.165) is 44.7 Å². The number of hydrogen-bond donors (Lipinski definition) is 1. The number of rotatable bonds is 4. The van der Waals surface area contributed by atoms with Gasteiger partial charge in [-0.05, 0) is 36.1 Å². The second kappa shape index (κ2) is 5.45. The average Bonchev–Trinajstić information content (AvgIpc) is 2.91. The third-order valence-electron chi connectivity index (χ3n) is 3.77. The molecule has 0 fully saturated rings. The Hall–Kier alpha value is -1.81. The Balaban J connectivity index is 1.54. The minimum atomic E-state index is 0.874. The quantitative estimate of drug-likeness (QED) is 0.850. The minimum Gasteiger partial charge on any atom is -0.399 e. The minimum absolute atomic E-state index is 0.874. The molecule has 1 aliphatic heterocycles. The lowest BCUT2D eigenvalue weighted by molar-refractivity contribution is 0.246. The predicted molar refractivity (Wildman–Crippen MR) is 76.7 cm³/mol. The number of imidazole rings is 1. The summed E-state index contributed by atoms with van der Waals surface area (Å²) in [5.41, 5.74) is 9.59. The molecule has 3 rings (SSSR count). The van der Waals surface area contributed by atoms with Crippen LogP contribution in [0.3, 0.4) is 0 Å². The maximum Gasteiger partial charge on any atom is 0.0945 e. The molecule has 0 spiro atoms. The molecule has 1 aromatic heterocycles. The molecular formula is C15H20N4. The standard InChI is InChI=1S/C15H20N4/c16-15-3-2-13-4-8-18(11-14(13)10-15)6-1-7-19-9-5-17-12-19/h2-3,5,9-10,12H,1,4,6-8,11,16H2. The van der Waals surface area contributed by atoms with Crippen molar-refractivity contribution in [2.45, 2.75) is 25.9 Å². The van der Waals surface area contributed by atoms with E-state index in [1.54, 1.807) is 0 Å². The lowest BCUT2D eigenvalue weighted by Crippen LogP contribution is -2.31. The molecule has 1 aromatic carbocycles. The van der Waals surface area contributed by atoms with Gasteiger partial charge < -0.3 is 10.3 Å². The van der Waals surface area contributed by atoms with Crippen LogP contribution in [-0.2, 0) is 19.5 Å². The molecule has 2 heterocycles. The third kappa shape index (κ3) is 2.96. The zero-order chi connectivity index (χ0) is 13.1. The van der Waals surface area contributed by atoms with Crippen LogP contribution in [0.1, 0.15) is 17.5 Å². The number of aromatic nitrogens is 2. The summed E-state index contributed by atoms with van der Waals surface area (Å²) in [4.78, 5) is 6.58. The van der Waals surface area contributed by atoms with Crippen molar-refractivity contribution in [2.24, 2.45) is 0 Å². The SMILES string of the molecule is Nc1ccc2c(c1)CN(CCCn1ccnc1)CC2. The van der Waals surface area contributed by atoms with Crippen molar-refractivity contribution in [3.05, 3.63) is 48.0 Å². The largest absolute Gasteiger partial charge is 0.399 e. The maximum absolute atomic E-state index is 5.86. The first kappa shape index (κ1) is 12.2. The second-order valence-corrected chi connectivity index (χ2v) is 5.21. The van der Waals surface area contributed by atoms with Crippen LogP contribution in [0, 0.1) is 0 Å². The van der Waals surface area contributed by atoms with E-state index in [9.17, 15) is 0 Å². The highest BCUT2D eigenvalue weighted by Gasteiger charge is 2.15. The highest BCUT2D eigenvalue weighted by Crippen LogP contribution is 2.21. The van der Waals surface area contributed by atoms with Gasteiger partial charge in [0.25, 0.3) is 0 Å². The first-order valence-electron chi connectivity index (χ1n) is 6.86. The first-order chi connectivity index (χ1) is 9.31. The van der Waals surface area contributed by atoms with Crippen LogP contribution in [0.5, 0.6) is 0 Å². The van der Waals surface area contributed by atoms with E-state index in [2.05, 4.69) is 26.6 Å². The fraction of sp³-hybridized carbons (Fsp3) is 0.400. The Morgan fingerprint density at radius 1 is 1.21 bits per heavy atom. The number of aryl methyl sites for hydroxylation is 1. The number of nitrogen functional groups attached to an aromatic ring is 1. The predicted octanol–water partition coefficient (Wildman–Crippen LogP) is 1.91. The Bertz CT molecular complexity index is 533. The van der Waals surface area contributed by atoms with E-state index in [-0.39, 0.29) is 0 Å². The fourth-order valence-electron chi connectivity index (χ4n) is 2.72. The number of hydrogen-bond acceptors (Lipinski definition) is 3. The Morgan fingerprint density at radius 2 is 2.16 bits per heavy atom. The van der Waals surface area contributed by atoms with Crippen molar-refractivity contribution < 1.29 is 0 Å². The van der Waals surface area contributed by atoms with Crippen molar-refractivity contribution in [3.8, 4) is 0 Å². The third-order valence-corrected chi connectivity index (χ3v) is 3.77. The summed E-state index contributed by atoms with van der Waals surface area (Å²) in [5, 5.41) is 0. The zero-order valence-corrected chi connectivity index (χ0v) is 11.1. The highest BCUT2D eigenvalue weighted by molar-refractivity contribution is 5.45. The number of nitrogens with two attached hydrogens (primary N) is 1. The van der Waals surface area contributed by atoms with Gasteiger partial charge in [0, 0.05) is 44.3 Å². The van der Waals surface area contributed by atoms with Crippen molar-refractivity contribution in [1.29, 1.82) is 0 Å². The maximum atomic E-state index is 5.86. The molecule has 0 aliphatic carbocycles. The number of anilines is 1. The van der Waals surface area contributed by atoms with Crippen LogP contribution >= 0.6 is 0 Å². The van der Waals surface area contributed by atoms with Crippen molar-refractivity contribution >= 4 is 5.69 Å². The van der Waals surface area contributed by atoms with Crippen LogP contribution in [0.25, 0.3) is 0 Å². The first-order valence-corrected chi connectivity index (χ1v) is 6.86. The lowest BCUT2D eigenvalue weighted by Gasteiger charge is -2.28. The average molecular weight is 256 g/mol. The molecule has 0 saturated heterocycles. The molecule has 100 valence electrons. The Kier molecular flexibility index (Phi) is 3.51. The summed E-state index contributed by atoms with van der Waals surface area (Å²) in [6.45, 7) is 4.36. The molecule has 0 unspecified atom stereocenters. The van der Waals surface area contributed by atoms with Gasteiger partial charge in [0.1, 0.15) is 0 Å². The molecule has 0 radical (unpaired) electrons. The topological polar surface area (TPSA) is 47.1 Å². The normalized spacial score (nSPS) is 15.4. The summed E-state index contributed by atoms with van der Waals surface area (Å²) in [6, 6.07) is 6.30. The molecule has 0 bridgehead atoms. The molecule has 4 heteroatoms. The van der Waals surface area contributed by atoms with E-state index >= 15 is 0 Å². The highest BCUT2D eigenvalue weighted by atomic mass is 15.1.